The lowest BCUT2D eigenvalue weighted by atomic mass is 9.85. The maximum absolute atomic E-state index is 14.5. The highest BCUT2D eigenvalue weighted by Gasteiger charge is 2.51. The Kier molecular flexibility index (Phi) is 7.07. The first kappa shape index (κ1) is 28.6. The molecule has 0 saturated carbocycles. The zero-order chi connectivity index (χ0) is 30.5. The van der Waals surface area contributed by atoms with E-state index in [1.54, 1.807) is 18.2 Å². The number of rotatable bonds is 4. The number of benzene rings is 2. The first-order valence-electron chi connectivity index (χ1n) is 13.2. The first-order chi connectivity index (χ1) is 20.5. The van der Waals surface area contributed by atoms with E-state index in [9.17, 15) is 31.5 Å². The van der Waals surface area contributed by atoms with Gasteiger partial charge in [0.25, 0.3) is 5.91 Å². The third-order valence-electron chi connectivity index (χ3n) is 7.81. The molecule has 0 atom stereocenters. The SMILES string of the molecule is O=C(c1cc(-c2ccc(Cl)nc2)n(-c2ccc(C(F)(F)F)c(F)c2)n1)N1CCC2(CC1)C(=O)NCN2c1ccc(F)cc1. The summed E-state index contributed by atoms with van der Waals surface area (Å²) in [5, 5.41) is 7.39. The van der Waals surface area contributed by atoms with Crippen molar-refractivity contribution in [2.75, 3.05) is 24.7 Å². The Labute approximate surface area is 246 Å². The van der Waals surface area contributed by atoms with Gasteiger partial charge in [0, 0.05) is 36.6 Å². The molecular weight excluding hydrogens is 595 g/mol. The highest BCUT2D eigenvalue weighted by Crippen LogP contribution is 2.37. The maximum atomic E-state index is 14.5. The van der Waals surface area contributed by atoms with Crippen LogP contribution in [-0.2, 0) is 11.0 Å². The molecule has 2 aliphatic rings. The number of aromatic nitrogens is 3. The van der Waals surface area contributed by atoms with E-state index in [1.165, 1.54) is 40.0 Å². The van der Waals surface area contributed by atoms with E-state index in [-0.39, 0.29) is 47.9 Å². The summed E-state index contributed by atoms with van der Waals surface area (Å²) >= 11 is 5.91. The summed E-state index contributed by atoms with van der Waals surface area (Å²) in [4.78, 5) is 34.1. The number of nitrogens with one attached hydrogen (secondary N) is 1. The number of amides is 2. The quantitative estimate of drug-likeness (QED) is 0.244. The Bertz CT molecular complexity index is 1700. The molecule has 8 nitrogen and oxygen atoms in total. The van der Waals surface area contributed by atoms with E-state index in [4.69, 9.17) is 11.6 Å². The fourth-order valence-corrected chi connectivity index (χ4v) is 5.68. The van der Waals surface area contributed by atoms with Crippen LogP contribution < -0.4 is 10.2 Å². The van der Waals surface area contributed by atoms with Crippen molar-refractivity contribution < 1.29 is 31.5 Å². The molecule has 14 heteroatoms. The van der Waals surface area contributed by atoms with Crippen molar-refractivity contribution in [2.45, 2.75) is 24.6 Å². The summed E-state index contributed by atoms with van der Waals surface area (Å²) in [6, 6.07) is 12.7. The van der Waals surface area contributed by atoms with E-state index >= 15 is 0 Å². The molecule has 222 valence electrons. The van der Waals surface area contributed by atoms with E-state index in [0.29, 0.717) is 36.2 Å². The minimum atomic E-state index is -4.88. The molecular formula is C29H22ClF5N6O2. The number of carbonyl (C=O) groups excluding carboxylic acids is 2. The molecule has 6 rings (SSSR count). The summed E-state index contributed by atoms with van der Waals surface area (Å²) in [5.41, 5.74) is -1.04. The Morgan fingerprint density at radius 2 is 1.65 bits per heavy atom. The molecule has 4 aromatic rings. The zero-order valence-corrected chi connectivity index (χ0v) is 23.0. The molecule has 2 aliphatic heterocycles. The second-order valence-corrected chi connectivity index (χ2v) is 10.6. The molecule has 2 aromatic heterocycles. The summed E-state index contributed by atoms with van der Waals surface area (Å²) in [6.45, 7) is 0.637. The van der Waals surface area contributed by atoms with Crippen LogP contribution >= 0.6 is 11.6 Å². The van der Waals surface area contributed by atoms with Crippen LogP contribution in [0.5, 0.6) is 0 Å². The minimum absolute atomic E-state index is 0.0347. The van der Waals surface area contributed by atoms with Gasteiger partial charge in [0.2, 0.25) is 5.91 Å². The number of anilines is 1. The van der Waals surface area contributed by atoms with Crippen LogP contribution in [0.3, 0.4) is 0 Å². The number of carbonyl (C=O) groups is 2. The minimum Gasteiger partial charge on any atom is -0.339 e. The predicted octanol–water partition coefficient (Wildman–Crippen LogP) is 5.45. The molecule has 4 heterocycles. The number of pyridine rings is 1. The largest absolute Gasteiger partial charge is 0.419 e. The zero-order valence-electron chi connectivity index (χ0n) is 22.2. The average Bonchev–Trinajstić information content (AvgIpc) is 3.55. The monoisotopic (exact) mass is 616 g/mol. The van der Waals surface area contributed by atoms with Gasteiger partial charge in [-0.15, -0.1) is 0 Å². The van der Waals surface area contributed by atoms with Crippen LogP contribution in [0.1, 0.15) is 28.9 Å². The van der Waals surface area contributed by atoms with Gasteiger partial charge in [-0.3, -0.25) is 9.59 Å². The molecule has 0 radical (unpaired) electrons. The number of hydrogen-bond acceptors (Lipinski definition) is 5. The van der Waals surface area contributed by atoms with Gasteiger partial charge in [-0.1, -0.05) is 11.6 Å². The normalized spacial score (nSPS) is 16.6. The van der Waals surface area contributed by atoms with Crippen LogP contribution in [0.2, 0.25) is 5.15 Å². The highest BCUT2D eigenvalue weighted by atomic mass is 35.5. The Morgan fingerprint density at radius 3 is 2.28 bits per heavy atom. The number of halogens is 6. The highest BCUT2D eigenvalue weighted by molar-refractivity contribution is 6.29. The van der Waals surface area contributed by atoms with Crippen molar-refractivity contribution >= 4 is 29.1 Å². The van der Waals surface area contributed by atoms with Crippen LogP contribution in [-0.4, -0.2) is 56.8 Å². The summed E-state index contributed by atoms with van der Waals surface area (Å²) in [6.07, 6.45) is -2.90. The number of alkyl halides is 3. The van der Waals surface area contributed by atoms with Gasteiger partial charge in [-0.25, -0.2) is 18.4 Å². The molecule has 2 fully saturated rings. The lowest BCUT2D eigenvalue weighted by Crippen LogP contribution is -2.57. The molecule has 2 amide bonds. The van der Waals surface area contributed by atoms with Crippen molar-refractivity contribution in [1.82, 2.24) is 25.0 Å². The van der Waals surface area contributed by atoms with Crippen molar-refractivity contribution in [1.29, 1.82) is 0 Å². The second kappa shape index (κ2) is 10.6. The average molecular weight is 617 g/mol. The van der Waals surface area contributed by atoms with Crippen LogP contribution in [0.25, 0.3) is 16.9 Å². The van der Waals surface area contributed by atoms with E-state index in [1.807, 2.05) is 4.90 Å². The van der Waals surface area contributed by atoms with Gasteiger partial charge in [0.15, 0.2) is 5.69 Å². The molecule has 0 unspecified atom stereocenters. The van der Waals surface area contributed by atoms with E-state index < -0.39 is 34.8 Å². The Balaban J connectivity index is 1.30. The van der Waals surface area contributed by atoms with Crippen LogP contribution in [0.4, 0.5) is 27.6 Å². The third kappa shape index (κ3) is 5.18. The van der Waals surface area contributed by atoms with Crippen LogP contribution in [0, 0.1) is 11.6 Å². The van der Waals surface area contributed by atoms with Gasteiger partial charge in [-0.2, -0.15) is 18.3 Å². The van der Waals surface area contributed by atoms with Crippen molar-refractivity contribution in [3.63, 3.8) is 0 Å². The lowest BCUT2D eigenvalue weighted by molar-refractivity contribution is -0.140. The smallest absolute Gasteiger partial charge is 0.339 e. The van der Waals surface area contributed by atoms with Crippen LogP contribution in [0.15, 0.2) is 66.9 Å². The fraction of sp³-hybridized carbons (Fsp3) is 0.241. The fourth-order valence-electron chi connectivity index (χ4n) is 5.57. The topological polar surface area (TPSA) is 83.4 Å². The van der Waals surface area contributed by atoms with Gasteiger partial charge < -0.3 is 15.1 Å². The van der Waals surface area contributed by atoms with Gasteiger partial charge in [0.05, 0.1) is 23.6 Å². The molecule has 1 spiro atoms. The molecule has 0 aliphatic carbocycles. The molecule has 2 saturated heterocycles. The number of piperidine rings is 1. The number of nitrogens with zero attached hydrogens (tertiary/aromatic N) is 5. The third-order valence-corrected chi connectivity index (χ3v) is 8.03. The van der Waals surface area contributed by atoms with Crippen molar-refractivity contribution in [2.24, 2.45) is 0 Å². The van der Waals surface area contributed by atoms with Gasteiger partial charge in [0.1, 0.15) is 22.3 Å². The summed E-state index contributed by atoms with van der Waals surface area (Å²) < 4.78 is 68.7. The Hall–Kier alpha value is -4.52. The molecule has 1 N–H and O–H groups in total. The standard InChI is InChI=1S/C29H22ClF5N6O2/c30-25-8-1-17(15-36-25)24-14-23(38-41(24)20-6-7-21(22(32)13-20)29(33,34)35)26(42)39-11-9-28(10-12-39)27(43)37-16-40(28)19-4-2-18(31)3-5-19/h1-8,13-15H,9-12,16H2,(H,37,43). The molecule has 43 heavy (non-hydrogen) atoms. The second-order valence-electron chi connectivity index (χ2n) is 10.3. The van der Waals surface area contributed by atoms with E-state index in [0.717, 1.165) is 6.07 Å². The summed E-state index contributed by atoms with van der Waals surface area (Å²) in [5.74, 6) is -2.55. The predicted molar refractivity (Wildman–Crippen MR) is 147 cm³/mol. The van der Waals surface area contributed by atoms with Gasteiger partial charge >= 0.3 is 6.18 Å². The molecule has 0 bridgehead atoms. The summed E-state index contributed by atoms with van der Waals surface area (Å²) in [7, 11) is 0. The van der Waals surface area contributed by atoms with E-state index in [2.05, 4.69) is 15.4 Å². The number of hydrogen-bond donors (Lipinski definition) is 1. The first-order valence-corrected chi connectivity index (χ1v) is 13.5. The Morgan fingerprint density at radius 1 is 0.953 bits per heavy atom. The number of likely N-dealkylation sites (tertiary alicyclic amines) is 1. The lowest BCUT2D eigenvalue weighted by Gasteiger charge is -2.43. The van der Waals surface area contributed by atoms with Gasteiger partial charge in [-0.05, 0) is 67.4 Å². The molecule has 2 aromatic carbocycles. The van der Waals surface area contributed by atoms with Crippen molar-refractivity contribution in [3.05, 3.63) is 94.9 Å². The van der Waals surface area contributed by atoms with Crippen molar-refractivity contribution in [3.8, 4) is 16.9 Å². The maximum Gasteiger partial charge on any atom is 0.419 e.